The van der Waals surface area contributed by atoms with Crippen LogP contribution in [-0.2, 0) is 0 Å². The van der Waals surface area contributed by atoms with Crippen LogP contribution in [0.15, 0.2) is 0 Å². The Morgan fingerprint density at radius 1 is 1.25 bits per heavy atom. The predicted molar refractivity (Wildman–Crippen MR) is 64.6 cm³/mol. The Hall–Kier alpha value is 0.690. The van der Waals surface area contributed by atoms with Gasteiger partial charge < -0.3 is 0 Å². The van der Waals surface area contributed by atoms with E-state index in [1.54, 1.807) is 0 Å². The first kappa shape index (κ1) is 12.7. The van der Waals surface area contributed by atoms with Crippen LogP contribution in [0, 0.1) is 5.92 Å². The van der Waals surface area contributed by atoms with Gasteiger partial charge in [-0.1, -0.05) is 39.5 Å². The molecule has 0 amide bonds. The number of unbranched alkanes of at least 4 members (excludes halogenated alkanes) is 3. The summed E-state index contributed by atoms with van der Waals surface area (Å²) < 4.78 is 2.25. The molecule has 0 rings (SSSR count). The van der Waals surface area contributed by atoms with Crippen molar-refractivity contribution >= 4 is 22.9 Å². The van der Waals surface area contributed by atoms with E-state index >= 15 is 0 Å². The highest BCUT2D eigenvalue weighted by atomic mass is 127. The van der Waals surface area contributed by atoms with E-state index in [4.69, 9.17) is 0 Å². The zero-order chi connectivity index (χ0) is 9.40. The lowest BCUT2D eigenvalue weighted by atomic mass is 10.0. The highest BCUT2D eigenvalue weighted by Crippen LogP contribution is 2.12. The summed E-state index contributed by atoms with van der Waals surface area (Å²) in [6.07, 6.45) is 6.99. The first-order valence-electron chi connectivity index (χ1n) is 5.03. The second-order valence-corrected chi connectivity index (χ2v) is 5.39. The molecular formula is C10H22IN. The van der Waals surface area contributed by atoms with Crippen molar-refractivity contribution in [3.63, 3.8) is 0 Å². The Morgan fingerprint density at radius 3 is 2.42 bits per heavy atom. The van der Waals surface area contributed by atoms with Crippen LogP contribution in [-0.4, -0.2) is 16.7 Å². The van der Waals surface area contributed by atoms with Crippen molar-refractivity contribution in [2.45, 2.75) is 46.0 Å². The molecule has 0 aliphatic heterocycles. The third-order valence-corrected chi connectivity index (χ3v) is 2.51. The number of hydrogen-bond donors (Lipinski definition) is 0. The van der Waals surface area contributed by atoms with E-state index in [-0.39, 0.29) is 0 Å². The van der Waals surface area contributed by atoms with Gasteiger partial charge in [-0.15, -0.1) is 0 Å². The van der Waals surface area contributed by atoms with E-state index < -0.39 is 0 Å². The molecule has 2 heteroatoms. The van der Waals surface area contributed by atoms with Gasteiger partial charge in [-0.3, -0.25) is 3.11 Å². The number of hydrogen-bond acceptors (Lipinski definition) is 1. The Labute approximate surface area is 91.4 Å². The molecule has 1 nitrogen and oxygen atoms in total. The second-order valence-electron chi connectivity index (χ2n) is 3.74. The topological polar surface area (TPSA) is 3.24 Å². The van der Waals surface area contributed by atoms with Crippen molar-refractivity contribution < 1.29 is 0 Å². The lowest BCUT2D eigenvalue weighted by Crippen LogP contribution is -2.14. The molecular weight excluding hydrogens is 261 g/mol. The van der Waals surface area contributed by atoms with E-state index in [2.05, 4.69) is 46.9 Å². The molecule has 0 aromatic heterocycles. The standard InChI is InChI=1S/C10H22IN/c1-4-5-6-7-8-10(2)9-12(3)11/h10H,4-9H2,1-3H3. The fourth-order valence-electron chi connectivity index (χ4n) is 1.44. The van der Waals surface area contributed by atoms with Gasteiger partial charge in [0, 0.05) is 29.4 Å². The summed E-state index contributed by atoms with van der Waals surface area (Å²) >= 11 is 2.36. The van der Waals surface area contributed by atoms with Crippen LogP contribution in [0.4, 0.5) is 0 Å². The molecule has 0 N–H and O–H groups in total. The third-order valence-electron chi connectivity index (χ3n) is 2.11. The van der Waals surface area contributed by atoms with Gasteiger partial charge in [0.2, 0.25) is 0 Å². The molecule has 0 bridgehead atoms. The first-order valence-corrected chi connectivity index (χ1v) is 6.00. The summed E-state index contributed by atoms with van der Waals surface area (Å²) in [5, 5.41) is 0. The Bertz CT molecular complexity index is 93.8. The summed E-state index contributed by atoms with van der Waals surface area (Å²) in [6, 6.07) is 0. The fraction of sp³-hybridized carbons (Fsp3) is 1.00. The van der Waals surface area contributed by atoms with Gasteiger partial charge in [0.1, 0.15) is 0 Å². The van der Waals surface area contributed by atoms with Crippen LogP contribution in [0.25, 0.3) is 0 Å². The molecule has 0 aromatic rings. The molecule has 0 aliphatic rings. The quantitative estimate of drug-likeness (QED) is 0.389. The van der Waals surface area contributed by atoms with Crippen molar-refractivity contribution in [2.75, 3.05) is 13.6 Å². The molecule has 0 saturated carbocycles. The van der Waals surface area contributed by atoms with E-state index in [1.807, 2.05) is 0 Å². The van der Waals surface area contributed by atoms with Crippen LogP contribution in [0.5, 0.6) is 0 Å². The lowest BCUT2D eigenvalue weighted by Gasteiger charge is -2.14. The monoisotopic (exact) mass is 283 g/mol. The maximum absolute atomic E-state index is 2.36. The van der Waals surface area contributed by atoms with Crippen LogP contribution in [0.1, 0.15) is 46.0 Å². The van der Waals surface area contributed by atoms with Crippen LogP contribution in [0.3, 0.4) is 0 Å². The van der Waals surface area contributed by atoms with Crippen molar-refractivity contribution in [2.24, 2.45) is 5.92 Å². The van der Waals surface area contributed by atoms with Gasteiger partial charge in [0.25, 0.3) is 0 Å². The van der Waals surface area contributed by atoms with E-state index in [0.717, 1.165) is 5.92 Å². The zero-order valence-corrected chi connectivity index (χ0v) is 10.8. The SMILES string of the molecule is CCCCCCC(C)CN(C)I. The largest absolute Gasteiger partial charge is 0.250 e. The first-order chi connectivity index (χ1) is 5.66. The molecule has 1 unspecified atom stereocenters. The summed E-state index contributed by atoms with van der Waals surface area (Å²) in [7, 11) is 2.14. The van der Waals surface area contributed by atoms with E-state index in [1.165, 1.54) is 38.6 Å². The molecule has 0 radical (unpaired) electrons. The number of rotatable bonds is 7. The van der Waals surface area contributed by atoms with Crippen molar-refractivity contribution in [3.05, 3.63) is 0 Å². The molecule has 0 aromatic carbocycles. The second kappa shape index (κ2) is 8.30. The predicted octanol–water partition coefficient (Wildman–Crippen LogP) is 3.87. The minimum atomic E-state index is 0.865. The highest BCUT2D eigenvalue weighted by Gasteiger charge is 2.03. The normalized spacial score (nSPS) is 13.8. The molecule has 0 fully saturated rings. The molecule has 0 spiro atoms. The molecule has 0 aliphatic carbocycles. The average molecular weight is 283 g/mol. The minimum Gasteiger partial charge on any atom is -0.250 e. The summed E-state index contributed by atoms with van der Waals surface area (Å²) in [5.41, 5.74) is 0. The van der Waals surface area contributed by atoms with Crippen LogP contribution >= 0.6 is 22.9 Å². The highest BCUT2D eigenvalue weighted by molar-refractivity contribution is 14.1. The zero-order valence-electron chi connectivity index (χ0n) is 8.65. The minimum absolute atomic E-state index is 0.865. The summed E-state index contributed by atoms with van der Waals surface area (Å²) in [4.78, 5) is 0. The maximum atomic E-state index is 2.36. The number of halogens is 1. The lowest BCUT2D eigenvalue weighted by molar-refractivity contribution is 0.418. The van der Waals surface area contributed by atoms with Crippen LogP contribution in [0.2, 0.25) is 0 Å². The Balaban J connectivity index is 3.14. The third kappa shape index (κ3) is 8.78. The van der Waals surface area contributed by atoms with Gasteiger partial charge in [-0.05, 0) is 19.4 Å². The van der Waals surface area contributed by atoms with Crippen molar-refractivity contribution in [1.29, 1.82) is 0 Å². The Morgan fingerprint density at radius 2 is 1.92 bits per heavy atom. The molecule has 12 heavy (non-hydrogen) atoms. The van der Waals surface area contributed by atoms with Gasteiger partial charge >= 0.3 is 0 Å². The van der Waals surface area contributed by atoms with E-state index in [9.17, 15) is 0 Å². The molecule has 0 heterocycles. The summed E-state index contributed by atoms with van der Waals surface area (Å²) in [6.45, 7) is 5.84. The Kier molecular flexibility index (Phi) is 8.77. The van der Waals surface area contributed by atoms with Gasteiger partial charge in [-0.25, -0.2) is 0 Å². The smallest absolute Gasteiger partial charge is 0.0198 e. The van der Waals surface area contributed by atoms with E-state index in [0.29, 0.717) is 0 Å². The summed E-state index contributed by atoms with van der Waals surface area (Å²) in [5.74, 6) is 0.865. The van der Waals surface area contributed by atoms with Crippen molar-refractivity contribution in [1.82, 2.24) is 3.11 Å². The molecule has 74 valence electrons. The average Bonchev–Trinajstić information content (AvgIpc) is 1.97. The van der Waals surface area contributed by atoms with Gasteiger partial charge in [-0.2, -0.15) is 0 Å². The van der Waals surface area contributed by atoms with Gasteiger partial charge in [0.15, 0.2) is 0 Å². The molecule has 0 saturated heterocycles. The van der Waals surface area contributed by atoms with Crippen LogP contribution < -0.4 is 0 Å². The molecule has 1 atom stereocenters. The van der Waals surface area contributed by atoms with Gasteiger partial charge in [0.05, 0.1) is 0 Å². The van der Waals surface area contributed by atoms with Crippen molar-refractivity contribution in [3.8, 4) is 0 Å². The maximum Gasteiger partial charge on any atom is 0.0198 e. The fourth-order valence-corrected chi connectivity index (χ4v) is 2.11. The number of nitrogens with zero attached hydrogens (tertiary/aromatic N) is 1.